The van der Waals surface area contributed by atoms with Crippen molar-refractivity contribution in [3.8, 4) is 0 Å². The van der Waals surface area contributed by atoms with Gasteiger partial charge in [-0.1, -0.05) is 19.1 Å². The molecule has 0 aliphatic carbocycles. The van der Waals surface area contributed by atoms with Gasteiger partial charge in [0.1, 0.15) is 0 Å². The molecule has 4 heteroatoms. The Bertz CT molecular complexity index is 122. The first-order chi connectivity index (χ1) is 4.77. The summed E-state index contributed by atoms with van der Waals surface area (Å²) in [6.07, 6.45) is 5.38. The van der Waals surface area contributed by atoms with Gasteiger partial charge in [0.05, 0.1) is 6.61 Å². The normalized spacial score (nSPS) is 10.1. The van der Waals surface area contributed by atoms with Crippen LogP contribution in [0.4, 0.5) is 0 Å². The summed E-state index contributed by atoms with van der Waals surface area (Å²) in [5.74, 6) is 0. The van der Waals surface area contributed by atoms with Gasteiger partial charge in [-0.2, -0.15) is 0 Å². The van der Waals surface area contributed by atoms with Crippen LogP contribution in [-0.4, -0.2) is 11.7 Å². The minimum Gasteiger partial charge on any atom is -0.314 e. The van der Waals surface area contributed by atoms with Crippen LogP contribution in [0.25, 0.3) is 0 Å². The molecule has 0 bridgehead atoms. The standard InChI is InChI=1S/C6H11NO3/c1-2-3-4-5-6-10-7(8)9/h3-4H,2,5-6H2,1H3. The maximum atomic E-state index is 9.59. The van der Waals surface area contributed by atoms with E-state index in [0.29, 0.717) is 6.42 Å². The van der Waals surface area contributed by atoms with E-state index in [1.54, 1.807) is 0 Å². The van der Waals surface area contributed by atoms with E-state index in [1.807, 2.05) is 19.1 Å². The third-order valence-electron chi connectivity index (χ3n) is 0.884. The molecule has 4 nitrogen and oxygen atoms in total. The summed E-state index contributed by atoms with van der Waals surface area (Å²) in [6, 6.07) is 0. The number of hydrogen-bond donors (Lipinski definition) is 0. The molecule has 0 aliphatic rings. The molecule has 0 unspecified atom stereocenters. The van der Waals surface area contributed by atoms with Crippen LogP contribution < -0.4 is 0 Å². The predicted molar refractivity (Wildman–Crippen MR) is 37.0 cm³/mol. The van der Waals surface area contributed by atoms with Crippen molar-refractivity contribution in [2.24, 2.45) is 0 Å². The zero-order valence-electron chi connectivity index (χ0n) is 5.95. The Morgan fingerprint density at radius 3 is 2.80 bits per heavy atom. The van der Waals surface area contributed by atoms with Gasteiger partial charge in [-0.05, 0) is 12.8 Å². The fourth-order valence-corrected chi connectivity index (χ4v) is 0.480. The van der Waals surface area contributed by atoms with E-state index in [4.69, 9.17) is 0 Å². The first-order valence-electron chi connectivity index (χ1n) is 3.19. The van der Waals surface area contributed by atoms with Gasteiger partial charge in [0.15, 0.2) is 0 Å². The maximum absolute atomic E-state index is 9.59. The fraction of sp³-hybridized carbons (Fsp3) is 0.667. The molecule has 58 valence electrons. The van der Waals surface area contributed by atoms with Crippen LogP contribution in [-0.2, 0) is 4.84 Å². The lowest BCUT2D eigenvalue weighted by molar-refractivity contribution is -0.757. The summed E-state index contributed by atoms with van der Waals surface area (Å²) >= 11 is 0. The third kappa shape index (κ3) is 6.94. The lowest BCUT2D eigenvalue weighted by atomic mass is 10.3. The summed E-state index contributed by atoms with van der Waals surface area (Å²) in [6.45, 7) is 2.16. The molecule has 0 saturated carbocycles. The lowest BCUT2D eigenvalue weighted by Crippen LogP contribution is -2.00. The van der Waals surface area contributed by atoms with Gasteiger partial charge in [-0.3, -0.25) is 0 Å². The molecule has 0 rings (SSSR count). The molecule has 0 saturated heterocycles. The van der Waals surface area contributed by atoms with E-state index in [9.17, 15) is 10.1 Å². The first kappa shape index (κ1) is 8.94. The fourth-order valence-electron chi connectivity index (χ4n) is 0.480. The van der Waals surface area contributed by atoms with Gasteiger partial charge in [-0.15, -0.1) is 10.1 Å². The molecule has 0 N–H and O–H groups in total. The van der Waals surface area contributed by atoms with Gasteiger partial charge in [-0.25, -0.2) is 0 Å². The van der Waals surface area contributed by atoms with Crippen LogP contribution in [0.2, 0.25) is 0 Å². The summed E-state index contributed by atoms with van der Waals surface area (Å²) < 4.78 is 0. The Hall–Kier alpha value is -1.06. The van der Waals surface area contributed by atoms with E-state index >= 15 is 0 Å². The highest BCUT2D eigenvalue weighted by atomic mass is 16.9. The second-order valence-electron chi connectivity index (χ2n) is 1.73. The highest BCUT2D eigenvalue weighted by Gasteiger charge is 1.89. The Labute approximate surface area is 59.6 Å². The molecule has 0 spiro atoms. The van der Waals surface area contributed by atoms with Gasteiger partial charge in [0, 0.05) is 0 Å². The van der Waals surface area contributed by atoms with E-state index in [0.717, 1.165) is 6.42 Å². The number of allylic oxidation sites excluding steroid dienone is 1. The summed E-state index contributed by atoms with van der Waals surface area (Å²) in [4.78, 5) is 13.7. The molecule has 10 heavy (non-hydrogen) atoms. The Kier molecular flexibility index (Phi) is 5.42. The van der Waals surface area contributed by atoms with Crippen molar-refractivity contribution >= 4 is 0 Å². The average Bonchev–Trinajstić information content (AvgIpc) is 1.87. The molecule has 0 aromatic heterocycles. The van der Waals surface area contributed by atoms with Crippen molar-refractivity contribution in [3.63, 3.8) is 0 Å². The second kappa shape index (κ2) is 6.07. The maximum Gasteiger partial charge on any atom is 0.294 e. The molecule has 0 aliphatic heterocycles. The van der Waals surface area contributed by atoms with Crippen molar-refractivity contribution in [1.82, 2.24) is 0 Å². The molecule has 0 amide bonds. The Morgan fingerprint density at radius 2 is 2.30 bits per heavy atom. The molecule has 0 aromatic carbocycles. The molecule has 0 aromatic rings. The predicted octanol–water partition coefficient (Wildman–Crippen LogP) is 1.55. The highest BCUT2D eigenvalue weighted by Crippen LogP contribution is 1.87. The molecular weight excluding hydrogens is 134 g/mol. The van der Waals surface area contributed by atoms with E-state index in [2.05, 4.69) is 4.84 Å². The first-order valence-corrected chi connectivity index (χ1v) is 3.19. The minimum absolute atomic E-state index is 0.156. The molecular formula is C6H11NO3. The van der Waals surface area contributed by atoms with Crippen LogP contribution in [0, 0.1) is 10.1 Å². The van der Waals surface area contributed by atoms with Crippen LogP contribution >= 0.6 is 0 Å². The van der Waals surface area contributed by atoms with Crippen molar-refractivity contribution in [3.05, 3.63) is 22.3 Å². The summed E-state index contributed by atoms with van der Waals surface area (Å²) in [7, 11) is 0. The molecule has 0 fully saturated rings. The van der Waals surface area contributed by atoms with Crippen LogP contribution in [0.1, 0.15) is 19.8 Å². The zero-order valence-corrected chi connectivity index (χ0v) is 5.95. The van der Waals surface area contributed by atoms with E-state index in [1.165, 1.54) is 0 Å². The monoisotopic (exact) mass is 145 g/mol. The van der Waals surface area contributed by atoms with Crippen LogP contribution in [0.15, 0.2) is 12.2 Å². The van der Waals surface area contributed by atoms with Crippen molar-refractivity contribution in [2.75, 3.05) is 6.61 Å². The van der Waals surface area contributed by atoms with Gasteiger partial charge >= 0.3 is 0 Å². The zero-order chi connectivity index (χ0) is 7.82. The van der Waals surface area contributed by atoms with Crippen LogP contribution in [0.5, 0.6) is 0 Å². The van der Waals surface area contributed by atoms with Crippen molar-refractivity contribution in [2.45, 2.75) is 19.8 Å². The van der Waals surface area contributed by atoms with Crippen molar-refractivity contribution in [1.29, 1.82) is 0 Å². The van der Waals surface area contributed by atoms with Gasteiger partial charge in [0.25, 0.3) is 5.09 Å². The smallest absolute Gasteiger partial charge is 0.294 e. The SMILES string of the molecule is CCC=CCCO[N+](=O)[O-]. The second-order valence-corrected chi connectivity index (χ2v) is 1.73. The minimum atomic E-state index is -0.778. The molecule has 0 radical (unpaired) electrons. The van der Waals surface area contributed by atoms with Gasteiger partial charge in [0.2, 0.25) is 0 Å². The van der Waals surface area contributed by atoms with E-state index in [-0.39, 0.29) is 6.61 Å². The largest absolute Gasteiger partial charge is 0.314 e. The third-order valence-corrected chi connectivity index (χ3v) is 0.884. The quantitative estimate of drug-likeness (QED) is 0.255. The van der Waals surface area contributed by atoms with Gasteiger partial charge < -0.3 is 4.84 Å². The Balaban J connectivity index is 3.05. The summed E-state index contributed by atoms with van der Waals surface area (Å²) in [5.41, 5.74) is 0. The number of nitrogens with zero attached hydrogens (tertiary/aromatic N) is 1. The Morgan fingerprint density at radius 1 is 1.60 bits per heavy atom. The van der Waals surface area contributed by atoms with Crippen LogP contribution in [0.3, 0.4) is 0 Å². The topological polar surface area (TPSA) is 52.4 Å². The molecule has 0 atom stereocenters. The lowest BCUT2D eigenvalue weighted by Gasteiger charge is -1.91. The van der Waals surface area contributed by atoms with Crippen molar-refractivity contribution < 1.29 is 9.92 Å². The highest BCUT2D eigenvalue weighted by molar-refractivity contribution is 4.79. The number of hydrogen-bond acceptors (Lipinski definition) is 3. The summed E-state index contributed by atoms with van der Waals surface area (Å²) in [5, 5.41) is 8.81. The number of rotatable bonds is 5. The molecule has 0 heterocycles. The average molecular weight is 145 g/mol. The van der Waals surface area contributed by atoms with E-state index < -0.39 is 5.09 Å².